The lowest BCUT2D eigenvalue weighted by atomic mass is 10.3. The highest BCUT2D eigenvalue weighted by atomic mass is 32.2. The second-order valence-electron chi connectivity index (χ2n) is 8.38. The molecule has 14 nitrogen and oxygen atoms in total. The summed E-state index contributed by atoms with van der Waals surface area (Å²) in [5.74, 6) is -0.371. The number of hydrazone groups is 1. The molecule has 34 heavy (non-hydrogen) atoms. The number of hydrogen-bond donors (Lipinski definition) is 3. The zero-order chi connectivity index (χ0) is 24.3. The van der Waals surface area contributed by atoms with Crippen LogP contribution in [0.2, 0.25) is 0 Å². The summed E-state index contributed by atoms with van der Waals surface area (Å²) in [6.45, 7) is 3.30. The molecule has 3 aromatic rings. The van der Waals surface area contributed by atoms with Gasteiger partial charge in [0.05, 0.1) is 15.9 Å². The van der Waals surface area contributed by atoms with E-state index in [2.05, 4.69) is 30.7 Å². The van der Waals surface area contributed by atoms with E-state index in [1.165, 1.54) is 34.4 Å². The lowest BCUT2D eigenvalue weighted by Crippen LogP contribution is -2.34. The Morgan fingerprint density at radius 1 is 1.32 bits per heavy atom. The molecule has 3 heterocycles. The molecule has 5 rings (SSSR count). The van der Waals surface area contributed by atoms with E-state index < -0.39 is 33.5 Å². The van der Waals surface area contributed by atoms with Crippen molar-refractivity contribution < 1.29 is 22.5 Å². The Labute approximate surface area is 193 Å². The molecule has 2 aromatic heterocycles. The topological polar surface area (TPSA) is 175 Å². The van der Waals surface area contributed by atoms with Crippen LogP contribution in [0.5, 0.6) is 0 Å². The van der Waals surface area contributed by atoms with Crippen LogP contribution in [0.4, 0.5) is 0 Å². The Morgan fingerprint density at radius 3 is 2.74 bits per heavy atom. The maximum absolute atomic E-state index is 13.4. The third kappa shape index (κ3) is 3.81. The number of amides is 1. The minimum absolute atomic E-state index is 0.00866. The highest BCUT2D eigenvalue weighted by Crippen LogP contribution is 2.36. The fraction of sp³-hybridized carbons (Fsp3) is 0.421. The van der Waals surface area contributed by atoms with Crippen LogP contribution in [0.1, 0.15) is 49.6 Å². The number of nitrogens with one attached hydrogen (secondary N) is 3. The second kappa shape index (κ2) is 7.66. The molecule has 15 heteroatoms. The normalized spacial score (nSPS) is 18.9. The molecule has 180 valence electrons. The quantitative estimate of drug-likeness (QED) is 0.406. The van der Waals surface area contributed by atoms with Gasteiger partial charge in [0, 0.05) is 19.5 Å². The van der Waals surface area contributed by atoms with Crippen LogP contribution in [-0.2, 0) is 21.3 Å². The number of carbonyl (C=O) groups excluding carboxylic acids is 1. The SMILES string of the molecule is CNC(=O)c1noc(Cn2c(=O)n(C3NN=C(C)O3)c3cc(S(=O)(=O)NC4(C)CC4)ccc32)n1. The minimum atomic E-state index is -3.82. The van der Waals surface area contributed by atoms with E-state index in [1.807, 2.05) is 6.92 Å². The summed E-state index contributed by atoms with van der Waals surface area (Å²) in [6.07, 6.45) is 0.537. The van der Waals surface area contributed by atoms with Crippen molar-refractivity contribution in [3.63, 3.8) is 0 Å². The fourth-order valence-corrected chi connectivity index (χ4v) is 5.09. The van der Waals surface area contributed by atoms with Gasteiger partial charge in [-0.15, -0.1) is 5.10 Å². The highest BCUT2D eigenvalue weighted by molar-refractivity contribution is 7.89. The molecule has 1 atom stereocenters. The number of sulfonamides is 1. The Hall–Kier alpha value is -3.72. The molecule has 0 saturated heterocycles. The van der Waals surface area contributed by atoms with Gasteiger partial charge in [0.25, 0.3) is 18.1 Å². The average Bonchev–Trinajstić information content (AvgIpc) is 3.13. The predicted octanol–water partition coefficient (Wildman–Crippen LogP) is -0.166. The van der Waals surface area contributed by atoms with Crippen molar-refractivity contribution in [1.82, 2.24) is 34.7 Å². The molecule has 3 N–H and O–H groups in total. The summed E-state index contributed by atoms with van der Waals surface area (Å²) in [5.41, 5.74) is 2.41. The molecule has 0 spiro atoms. The average molecular weight is 491 g/mol. The Kier molecular flexibility index (Phi) is 4.98. The number of carbonyl (C=O) groups is 1. The predicted molar refractivity (Wildman–Crippen MR) is 117 cm³/mol. The lowest BCUT2D eigenvalue weighted by molar-refractivity contribution is 0.0949. The van der Waals surface area contributed by atoms with Gasteiger partial charge in [-0.2, -0.15) is 4.98 Å². The van der Waals surface area contributed by atoms with Crippen LogP contribution in [0.3, 0.4) is 0 Å². The van der Waals surface area contributed by atoms with Crippen molar-refractivity contribution >= 4 is 32.9 Å². The Balaban J connectivity index is 1.60. The van der Waals surface area contributed by atoms with Gasteiger partial charge < -0.3 is 14.6 Å². The summed E-state index contributed by atoms with van der Waals surface area (Å²) < 4.78 is 41.9. The molecule has 1 aromatic carbocycles. The van der Waals surface area contributed by atoms with E-state index >= 15 is 0 Å². The summed E-state index contributed by atoms with van der Waals surface area (Å²) >= 11 is 0. The standard InChI is InChI=1S/C19H22N8O6S/c1-10-22-23-17(32-10)27-13-8-11(34(30,31)25-19(2)6-7-19)4-5-12(13)26(18(27)29)9-14-21-15(24-33-14)16(28)20-3/h4-5,8,17,23,25H,6-7,9H2,1-3H3,(H,20,28). The number of imidazole rings is 1. The van der Waals surface area contributed by atoms with E-state index in [4.69, 9.17) is 9.26 Å². The number of fused-ring (bicyclic) bond motifs is 1. The molecule has 2 aliphatic rings. The van der Waals surface area contributed by atoms with E-state index in [0.717, 1.165) is 12.8 Å². The van der Waals surface area contributed by atoms with Crippen LogP contribution in [-0.4, -0.2) is 52.1 Å². The van der Waals surface area contributed by atoms with Gasteiger partial charge in [-0.25, -0.2) is 27.9 Å². The number of hydrogen-bond acceptors (Lipinski definition) is 10. The molecule has 0 bridgehead atoms. The zero-order valence-electron chi connectivity index (χ0n) is 18.5. The van der Waals surface area contributed by atoms with Gasteiger partial charge in [0.15, 0.2) is 0 Å². The van der Waals surface area contributed by atoms with Gasteiger partial charge in [-0.05, 0) is 38.0 Å². The van der Waals surface area contributed by atoms with Crippen molar-refractivity contribution in [3.8, 4) is 0 Å². The van der Waals surface area contributed by atoms with Crippen LogP contribution in [0.15, 0.2) is 37.5 Å². The first kappa shape index (κ1) is 22.1. The van der Waals surface area contributed by atoms with Gasteiger partial charge in [0.1, 0.15) is 6.54 Å². The maximum Gasteiger partial charge on any atom is 0.334 e. The molecule has 1 aliphatic heterocycles. The van der Waals surface area contributed by atoms with E-state index in [1.54, 1.807) is 6.92 Å². The molecule has 1 fully saturated rings. The van der Waals surface area contributed by atoms with Gasteiger partial charge in [0.2, 0.25) is 21.8 Å². The third-order valence-electron chi connectivity index (χ3n) is 5.67. The summed E-state index contributed by atoms with van der Waals surface area (Å²) in [5, 5.41) is 9.95. The van der Waals surface area contributed by atoms with Crippen molar-refractivity contribution in [2.24, 2.45) is 5.10 Å². The molecular weight excluding hydrogens is 468 g/mol. The van der Waals surface area contributed by atoms with Crippen molar-refractivity contribution in [1.29, 1.82) is 0 Å². The number of benzene rings is 1. The monoisotopic (exact) mass is 490 g/mol. The summed E-state index contributed by atoms with van der Waals surface area (Å²) in [4.78, 5) is 29.2. The minimum Gasteiger partial charge on any atom is -0.436 e. The van der Waals surface area contributed by atoms with Crippen LogP contribution < -0.4 is 21.2 Å². The van der Waals surface area contributed by atoms with Crippen molar-refractivity contribution in [2.75, 3.05) is 7.05 Å². The first-order chi connectivity index (χ1) is 16.1. The second-order valence-corrected chi connectivity index (χ2v) is 10.1. The highest BCUT2D eigenvalue weighted by Gasteiger charge is 2.41. The summed E-state index contributed by atoms with van der Waals surface area (Å²) in [6, 6.07) is 4.35. The maximum atomic E-state index is 13.4. The number of nitrogens with zero attached hydrogens (tertiary/aromatic N) is 5. The van der Waals surface area contributed by atoms with Crippen LogP contribution in [0.25, 0.3) is 11.0 Å². The summed E-state index contributed by atoms with van der Waals surface area (Å²) in [7, 11) is -2.39. The first-order valence-corrected chi connectivity index (χ1v) is 11.9. The number of ether oxygens (including phenoxy) is 1. The zero-order valence-corrected chi connectivity index (χ0v) is 19.3. The molecule has 1 aliphatic carbocycles. The molecular formula is C19H22N8O6S. The van der Waals surface area contributed by atoms with E-state index in [-0.39, 0.29) is 23.2 Å². The molecule has 1 amide bonds. The number of aromatic nitrogens is 4. The van der Waals surface area contributed by atoms with Crippen molar-refractivity contribution in [2.45, 2.75) is 50.0 Å². The van der Waals surface area contributed by atoms with Gasteiger partial charge in [-0.3, -0.25) is 9.36 Å². The number of rotatable bonds is 7. The lowest BCUT2D eigenvalue weighted by Gasteiger charge is -2.14. The largest absolute Gasteiger partial charge is 0.436 e. The fourth-order valence-electron chi connectivity index (χ4n) is 3.61. The van der Waals surface area contributed by atoms with E-state index in [9.17, 15) is 18.0 Å². The van der Waals surface area contributed by atoms with Crippen molar-refractivity contribution in [3.05, 3.63) is 40.4 Å². The first-order valence-electron chi connectivity index (χ1n) is 10.4. The molecule has 0 radical (unpaired) electrons. The molecule has 1 unspecified atom stereocenters. The van der Waals surface area contributed by atoms with Gasteiger partial charge >= 0.3 is 5.69 Å². The third-order valence-corrected chi connectivity index (χ3v) is 7.30. The van der Waals surface area contributed by atoms with E-state index in [0.29, 0.717) is 16.9 Å². The van der Waals surface area contributed by atoms with Crippen LogP contribution in [0, 0.1) is 0 Å². The molecule has 1 saturated carbocycles. The Bertz CT molecular complexity index is 1500. The smallest absolute Gasteiger partial charge is 0.334 e. The van der Waals surface area contributed by atoms with Crippen LogP contribution >= 0.6 is 0 Å². The van der Waals surface area contributed by atoms with Gasteiger partial charge in [-0.1, -0.05) is 5.16 Å². The Morgan fingerprint density at radius 2 is 2.09 bits per heavy atom.